The summed E-state index contributed by atoms with van der Waals surface area (Å²) in [5, 5.41) is 2.03. The molecule has 1 aliphatic rings. The summed E-state index contributed by atoms with van der Waals surface area (Å²) < 4.78 is 343. The largest absolute Gasteiger partial charge is 0.416 e. The summed E-state index contributed by atoms with van der Waals surface area (Å²) in [6, 6.07) is -8.81. The van der Waals surface area contributed by atoms with E-state index in [1.165, 1.54) is 32.1 Å². The van der Waals surface area contributed by atoms with E-state index in [1.807, 2.05) is 21.8 Å². The summed E-state index contributed by atoms with van der Waals surface area (Å²) in [5.41, 5.74) is -28.2. The van der Waals surface area contributed by atoms with E-state index < -0.39 is 195 Å². The van der Waals surface area contributed by atoms with Gasteiger partial charge in [-0.25, -0.2) is 0 Å². The van der Waals surface area contributed by atoms with Crippen molar-refractivity contribution in [2.75, 3.05) is 0 Å². The van der Waals surface area contributed by atoms with E-state index in [0.29, 0.717) is 6.10 Å². The molecule has 1 heterocycles. The van der Waals surface area contributed by atoms with Gasteiger partial charge in [0.05, 0.1) is 49.9 Å². The van der Waals surface area contributed by atoms with Crippen molar-refractivity contribution in [2.45, 2.75) is 87.6 Å². The number of aromatic nitrogens is 1. The van der Waals surface area contributed by atoms with Crippen molar-refractivity contribution in [3.63, 3.8) is 0 Å². The monoisotopic (exact) mass is 1050 g/mol. The van der Waals surface area contributed by atoms with Crippen LogP contribution in [0.5, 0.6) is 0 Å². The normalized spacial score (nSPS) is 15.2. The third kappa shape index (κ3) is 12.9. The van der Waals surface area contributed by atoms with E-state index in [2.05, 4.69) is 0 Å². The first-order valence-electron chi connectivity index (χ1n) is 19.2. The van der Waals surface area contributed by atoms with Gasteiger partial charge in [0.1, 0.15) is 6.15 Å². The highest BCUT2D eigenvalue weighted by molar-refractivity contribution is 7.20. The standard InChI is InChI=1S/C32H12BF24.C9H14NOS/c34-25(35,36)13-1-14(26(37,38)39)6-21(5-13)33(22-7-15(27(40,41)42)2-16(8-22)28(43,44)45,23-9-17(29(46,47)48)3-18(10-23)30(49,50)51)24-11-19(31(52,53)54)4-20(12-24)32(55,56)57;1-2-4-9(5-3-1)11-10-6-7-12-8-10/h1-12H;6-9H,1-5H2/q-1;+1. The van der Waals surface area contributed by atoms with Crippen LogP contribution in [0.25, 0.3) is 0 Å². The van der Waals surface area contributed by atoms with E-state index in [9.17, 15) is 105 Å². The number of benzene rings is 4. The second kappa shape index (κ2) is 18.8. The molecule has 0 atom stereocenters. The zero-order valence-electron chi connectivity index (χ0n) is 33.7. The number of hydrogen-bond donors (Lipinski definition) is 0. The van der Waals surface area contributed by atoms with Gasteiger partial charge in [-0.3, -0.25) is 4.84 Å². The Morgan fingerprint density at radius 1 is 0.362 bits per heavy atom. The highest BCUT2D eigenvalue weighted by atomic mass is 32.1. The van der Waals surface area contributed by atoms with Gasteiger partial charge < -0.3 is 0 Å². The van der Waals surface area contributed by atoms with Crippen molar-refractivity contribution in [1.82, 2.24) is 0 Å². The van der Waals surface area contributed by atoms with Crippen molar-refractivity contribution in [3.8, 4) is 0 Å². The molecule has 69 heavy (non-hydrogen) atoms. The predicted octanol–water partition coefficient (Wildman–Crippen LogP) is 13.0. The van der Waals surface area contributed by atoms with E-state index in [4.69, 9.17) is 4.84 Å². The highest BCUT2D eigenvalue weighted by Gasteiger charge is 2.47. The first kappa shape index (κ1) is 54.6. The molecule has 0 aliphatic heterocycles. The van der Waals surface area contributed by atoms with Crippen LogP contribution in [0.4, 0.5) is 105 Å². The zero-order chi connectivity index (χ0) is 52.1. The lowest BCUT2D eigenvalue weighted by molar-refractivity contribution is -0.896. The molecule has 5 aromatic rings. The van der Waals surface area contributed by atoms with Crippen LogP contribution in [-0.4, -0.2) is 12.2 Å². The number of alkyl halides is 24. The lowest BCUT2D eigenvalue weighted by atomic mass is 9.12. The van der Waals surface area contributed by atoms with Crippen molar-refractivity contribution in [3.05, 3.63) is 134 Å². The minimum atomic E-state index is -6.13. The Bertz CT molecular complexity index is 2140. The number of halogens is 24. The molecule has 1 aliphatic carbocycles. The molecular weight excluding hydrogens is 1020 g/mol. The van der Waals surface area contributed by atoms with Gasteiger partial charge in [0, 0.05) is 4.73 Å². The maximum absolute atomic E-state index is 14.2. The van der Waals surface area contributed by atoms with Crippen LogP contribution in [0.15, 0.2) is 89.9 Å². The maximum atomic E-state index is 14.2. The summed E-state index contributed by atoms with van der Waals surface area (Å²) in [6.07, 6.45) is -45.9. The summed E-state index contributed by atoms with van der Waals surface area (Å²) >= 11 is 1.67. The molecule has 2 nitrogen and oxygen atoms in total. The van der Waals surface area contributed by atoms with E-state index in [0.717, 1.165) is 0 Å². The molecule has 1 fully saturated rings. The molecule has 28 heteroatoms. The minimum absolute atomic E-state index is 0.457. The fraction of sp³-hybridized carbons (Fsp3) is 0.341. The summed E-state index contributed by atoms with van der Waals surface area (Å²) in [6.45, 7) is 0. The maximum Gasteiger partial charge on any atom is 0.416 e. The van der Waals surface area contributed by atoms with Crippen molar-refractivity contribution < 1.29 is 115 Å². The molecule has 1 saturated carbocycles. The predicted molar refractivity (Wildman–Crippen MR) is 198 cm³/mol. The molecule has 1 aromatic heterocycles. The Hall–Kier alpha value is -5.31. The van der Waals surface area contributed by atoms with E-state index in [-0.39, 0.29) is 0 Å². The van der Waals surface area contributed by atoms with Gasteiger partial charge in [0.2, 0.25) is 6.20 Å². The fourth-order valence-electron chi connectivity index (χ4n) is 7.70. The van der Waals surface area contributed by atoms with Crippen LogP contribution in [0.2, 0.25) is 0 Å². The number of nitrogens with zero attached hydrogens (tertiary/aromatic N) is 1. The molecule has 0 amide bonds. The van der Waals surface area contributed by atoms with Gasteiger partial charge in [-0.1, -0.05) is 66.3 Å². The van der Waals surface area contributed by atoms with E-state index >= 15 is 0 Å². The number of hydrogen-bond acceptors (Lipinski definition) is 2. The van der Waals surface area contributed by atoms with E-state index in [1.54, 1.807) is 11.3 Å². The minimum Gasteiger partial charge on any atom is -0.267 e. The zero-order valence-corrected chi connectivity index (χ0v) is 34.5. The van der Waals surface area contributed by atoms with Crippen molar-refractivity contribution in [2.24, 2.45) is 0 Å². The van der Waals surface area contributed by atoms with Crippen LogP contribution in [0.1, 0.15) is 76.6 Å². The van der Waals surface area contributed by atoms with Gasteiger partial charge in [0.15, 0.2) is 6.10 Å². The van der Waals surface area contributed by atoms with Gasteiger partial charge in [-0.15, -0.1) is 0 Å². The number of thiazole rings is 1. The highest BCUT2D eigenvalue weighted by Crippen LogP contribution is 2.41. The van der Waals surface area contributed by atoms with Gasteiger partial charge in [-0.05, 0) is 49.9 Å². The quantitative estimate of drug-likeness (QED) is 0.0938. The Labute approximate surface area is 376 Å². The Balaban J connectivity index is 0.000000636. The first-order chi connectivity index (χ1) is 31.2. The molecule has 6 rings (SSSR count). The van der Waals surface area contributed by atoms with Crippen LogP contribution in [0.3, 0.4) is 0 Å². The summed E-state index contributed by atoms with van der Waals surface area (Å²) in [7, 11) is 0. The lowest BCUT2D eigenvalue weighted by Crippen LogP contribution is -2.75. The second-order valence-electron chi connectivity index (χ2n) is 15.5. The van der Waals surface area contributed by atoms with Crippen LogP contribution in [-0.2, 0) is 49.4 Å². The van der Waals surface area contributed by atoms with Gasteiger partial charge >= 0.3 is 49.4 Å². The molecule has 0 radical (unpaired) electrons. The Kier molecular flexibility index (Phi) is 14.9. The number of rotatable bonds is 6. The smallest absolute Gasteiger partial charge is 0.267 e. The van der Waals surface area contributed by atoms with Crippen LogP contribution < -0.4 is 31.4 Å². The topological polar surface area (TPSA) is 13.1 Å². The third-order valence-corrected chi connectivity index (χ3v) is 11.3. The van der Waals surface area contributed by atoms with Crippen LogP contribution in [0, 0.1) is 0 Å². The van der Waals surface area contributed by atoms with Crippen molar-refractivity contribution in [1.29, 1.82) is 0 Å². The van der Waals surface area contributed by atoms with Crippen LogP contribution >= 0.6 is 11.3 Å². The molecular formula is C41H26BF24NOS. The van der Waals surface area contributed by atoms with Crippen molar-refractivity contribution >= 4 is 39.3 Å². The summed E-state index contributed by atoms with van der Waals surface area (Å²) in [4.78, 5) is 5.72. The molecule has 0 saturated heterocycles. The van der Waals surface area contributed by atoms with Gasteiger partial charge in [-0.2, -0.15) is 127 Å². The average molecular weight is 1050 g/mol. The first-order valence-corrected chi connectivity index (χ1v) is 20.1. The molecule has 0 bridgehead atoms. The SMILES string of the molecule is FC(F)(F)c1cc([B-](c2cc(C(F)(F)F)cc(C(F)(F)F)c2)(c2cc(C(F)(F)F)cc(C(F)(F)F)c2)c2cc(C(F)(F)F)cc(C(F)(F)F)c2)cc(C(F)(F)F)c1.c1c[n+](OC2CCCCC2)cs1. The van der Waals surface area contributed by atoms with Gasteiger partial charge in [0.25, 0.3) is 5.51 Å². The third-order valence-electron chi connectivity index (χ3n) is 10.7. The summed E-state index contributed by atoms with van der Waals surface area (Å²) in [5.74, 6) is 0. The molecule has 0 spiro atoms. The average Bonchev–Trinajstić information content (AvgIpc) is 3.72. The fourth-order valence-corrected chi connectivity index (χ4v) is 8.20. The molecule has 4 aromatic carbocycles. The molecule has 0 unspecified atom stereocenters. The Morgan fingerprint density at radius 2 is 0.594 bits per heavy atom. The Morgan fingerprint density at radius 3 is 0.783 bits per heavy atom. The molecule has 0 N–H and O–H groups in total. The molecule has 378 valence electrons. The lowest BCUT2D eigenvalue weighted by Gasteiger charge is -2.46. The second-order valence-corrected chi connectivity index (χ2v) is 16.2.